The maximum absolute atomic E-state index is 5.85. The summed E-state index contributed by atoms with van der Waals surface area (Å²) < 4.78 is 2.11. The van der Waals surface area contributed by atoms with Crippen molar-refractivity contribution in [2.24, 2.45) is 0 Å². The quantitative estimate of drug-likeness (QED) is 0.599. The van der Waals surface area contributed by atoms with E-state index in [9.17, 15) is 0 Å². The van der Waals surface area contributed by atoms with Crippen molar-refractivity contribution < 1.29 is 0 Å². The molecule has 1 aliphatic rings. The number of likely N-dealkylation sites (N-methyl/N-ethyl adjacent to an activating group) is 1. The number of hydrogen-bond acceptors (Lipinski definition) is 3. The van der Waals surface area contributed by atoms with Gasteiger partial charge in [-0.05, 0) is 14.0 Å². The lowest BCUT2D eigenvalue weighted by molar-refractivity contribution is 0.266. The molecule has 4 heteroatoms. The predicted octanol–water partition coefficient (Wildman–Crippen LogP) is 0.219. The molecule has 0 aliphatic carbocycles. The van der Waals surface area contributed by atoms with E-state index in [-0.39, 0.29) is 0 Å². The van der Waals surface area contributed by atoms with Crippen LogP contribution in [-0.4, -0.2) is 28.0 Å². The number of nitrogens with two attached hydrogens (primary N) is 1. The molecule has 0 radical (unpaired) electrons. The maximum atomic E-state index is 5.85. The van der Waals surface area contributed by atoms with Crippen LogP contribution in [0.4, 0.5) is 5.82 Å². The first-order valence-corrected chi connectivity index (χ1v) is 4.18. The average molecular weight is 166 g/mol. The summed E-state index contributed by atoms with van der Waals surface area (Å²) in [7, 11) is 2.10. The summed E-state index contributed by atoms with van der Waals surface area (Å²) in [6.07, 6.45) is 0. The van der Waals surface area contributed by atoms with E-state index in [2.05, 4.69) is 21.5 Å². The number of hydrogen-bond donors (Lipinski definition) is 1. The molecule has 2 rings (SSSR count). The topological polar surface area (TPSA) is 47.1 Å². The Morgan fingerprint density at radius 1 is 1.42 bits per heavy atom. The molecule has 0 aromatic carbocycles. The Morgan fingerprint density at radius 2 is 2.17 bits per heavy atom. The normalized spacial score (nSPS) is 17.8. The first-order chi connectivity index (χ1) is 5.68. The fraction of sp³-hybridized carbons (Fsp3) is 0.625. The van der Waals surface area contributed by atoms with Gasteiger partial charge in [0.1, 0.15) is 11.6 Å². The summed E-state index contributed by atoms with van der Waals surface area (Å²) in [6.45, 7) is 4.91. The molecule has 0 saturated carbocycles. The van der Waals surface area contributed by atoms with Crippen LogP contribution in [0.5, 0.6) is 0 Å². The summed E-state index contributed by atoms with van der Waals surface area (Å²) in [4.78, 5) is 6.65. The van der Waals surface area contributed by atoms with Crippen molar-refractivity contribution in [3.8, 4) is 0 Å². The number of aromatic nitrogens is 2. The second kappa shape index (κ2) is 2.48. The van der Waals surface area contributed by atoms with Crippen LogP contribution in [0, 0.1) is 6.92 Å². The molecule has 0 saturated heterocycles. The van der Waals surface area contributed by atoms with Crippen molar-refractivity contribution >= 4 is 5.82 Å². The number of rotatable bonds is 0. The highest BCUT2D eigenvalue weighted by Crippen LogP contribution is 2.17. The number of anilines is 1. The third-order valence-corrected chi connectivity index (χ3v) is 2.39. The second-order valence-electron chi connectivity index (χ2n) is 3.39. The van der Waals surface area contributed by atoms with Crippen molar-refractivity contribution in [1.82, 2.24) is 14.5 Å². The van der Waals surface area contributed by atoms with Gasteiger partial charge in [-0.3, -0.25) is 4.90 Å². The molecular formula is C8H14N4. The second-order valence-corrected chi connectivity index (χ2v) is 3.39. The zero-order chi connectivity index (χ0) is 8.72. The molecule has 4 nitrogen and oxygen atoms in total. The van der Waals surface area contributed by atoms with Crippen molar-refractivity contribution in [2.45, 2.75) is 20.0 Å². The number of imidazole rings is 1. The van der Waals surface area contributed by atoms with Crippen LogP contribution in [0.1, 0.15) is 11.5 Å². The highest BCUT2D eigenvalue weighted by molar-refractivity contribution is 5.37. The predicted molar refractivity (Wildman–Crippen MR) is 47.7 cm³/mol. The van der Waals surface area contributed by atoms with Gasteiger partial charge in [0.2, 0.25) is 0 Å². The Bertz CT molecular complexity index is 302. The third-order valence-electron chi connectivity index (χ3n) is 2.39. The Hall–Kier alpha value is -1.03. The maximum Gasteiger partial charge on any atom is 0.126 e. The monoisotopic (exact) mass is 166 g/mol. The number of nitrogens with zero attached hydrogens (tertiary/aromatic N) is 3. The fourth-order valence-corrected chi connectivity index (χ4v) is 1.61. The number of aryl methyl sites for hydroxylation is 1. The molecule has 0 spiro atoms. The van der Waals surface area contributed by atoms with Crippen LogP contribution in [0.25, 0.3) is 0 Å². The Balaban J connectivity index is 2.43. The van der Waals surface area contributed by atoms with Gasteiger partial charge in [0.15, 0.2) is 0 Å². The molecule has 66 valence electrons. The minimum atomic E-state index is 0.832. The van der Waals surface area contributed by atoms with Crippen LogP contribution in [0.3, 0.4) is 0 Å². The zero-order valence-corrected chi connectivity index (χ0v) is 7.54. The summed E-state index contributed by atoms with van der Waals surface area (Å²) in [5, 5.41) is 0. The van der Waals surface area contributed by atoms with Gasteiger partial charge in [-0.15, -0.1) is 0 Å². The third kappa shape index (κ3) is 0.992. The Kier molecular flexibility index (Phi) is 1.58. The standard InChI is InChI=1S/C8H14N4/c1-6-8(9)12-4-3-11(2)5-7(12)10-6/h3-5,9H2,1-2H3. The van der Waals surface area contributed by atoms with E-state index in [1.165, 1.54) is 0 Å². The summed E-state index contributed by atoms with van der Waals surface area (Å²) in [5.41, 5.74) is 6.81. The van der Waals surface area contributed by atoms with Crippen LogP contribution < -0.4 is 5.73 Å². The van der Waals surface area contributed by atoms with E-state index in [0.717, 1.165) is 37.0 Å². The van der Waals surface area contributed by atoms with E-state index in [1.807, 2.05) is 6.92 Å². The van der Waals surface area contributed by atoms with Crippen LogP contribution in [0.2, 0.25) is 0 Å². The minimum absolute atomic E-state index is 0.832. The van der Waals surface area contributed by atoms with E-state index >= 15 is 0 Å². The number of nitrogen functional groups attached to an aromatic ring is 1. The largest absolute Gasteiger partial charge is 0.384 e. The first-order valence-electron chi connectivity index (χ1n) is 4.18. The molecule has 12 heavy (non-hydrogen) atoms. The molecule has 1 aromatic heterocycles. The van der Waals surface area contributed by atoms with E-state index in [4.69, 9.17) is 5.73 Å². The van der Waals surface area contributed by atoms with Gasteiger partial charge in [0, 0.05) is 13.1 Å². The smallest absolute Gasteiger partial charge is 0.126 e. The first kappa shape index (κ1) is 7.61. The molecule has 2 N–H and O–H groups in total. The summed E-state index contributed by atoms with van der Waals surface area (Å²) >= 11 is 0. The molecule has 0 fully saturated rings. The fourth-order valence-electron chi connectivity index (χ4n) is 1.61. The minimum Gasteiger partial charge on any atom is -0.384 e. The van der Waals surface area contributed by atoms with Gasteiger partial charge in [-0.1, -0.05) is 0 Å². The van der Waals surface area contributed by atoms with E-state index in [1.54, 1.807) is 0 Å². The summed E-state index contributed by atoms with van der Waals surface area (Å²) in [5.74, 6) is 1.93. The highest BCUT2D eigenvalue weighted by Gasteiger charge is 2.17. The van der Waals surface area contributed by atoms with Gasteiger partial charge in [-0.25, -0.2) is 4.98 Å². The zero-order valence-electron chi connectivity index (χ0n) is 7.54. The van der Waals surface area contributed by atoms with Crippen molar-refractivity contribution in [2.75, 3.05) is 19.3 Å². The lowest BCUT2D eigenvalue weighted by Gasteiger charge is -2.23. The van der Waals surface area contributed by atoms with Gasteiger partial charge in [-0.2, -0.15) is 0 Å². The van der Waals surface area contributed by atoms with E-state index < -0.39 is 0 Å². The van der Waals surface area contributed by atoms with Gasteiger partial charge in [0.25, 0.3) is 0 Å². The van der Waals surface area contributed by atoms with Gasteiger partial charge < -0.3 is 10.3 Å². The van der Waals surface area contributed by atoms with Crippen LogP contribution in [-0.2, 0) is 13.1 Å². The Morgan fingerprint density at radius 3 is 2.92 bits per heavy atom. The lowest BCUT2D eigenvalue weighted by atomic mass is 10.4. The average Bonchev–Trinajstić information content (AvgIpc) is 2.28. The van der Waals surface area contributed by atoms with Gasteiger partial charge in [0.05, 0.1) is 12.2 Å². The van der Waals surface area contributed by atoms with Crippen LogP contribution >= 0.6 is 0 Å². The van der Waals surface area contributed by atoms with Crippen molar-refractivity contribution in [1.29, 1.82) is 0 Å². The van der Waals surface area contributed by atoms with E-state index in [0.29, 0.717) is 0 Å². The molecule has 0 atom stereocenters. The molecular weight excluding hydrogens is 152 g/mol. The SMILES string of the molecule is Cc1nc2n(c1N)CCN(C)C2. The Labute approximate surface area is 72.0 Å². The molecule has 0 unspecified atom stereocenters. The summed E-state index contributed by atoms with van der Waals surface area (Å²) in [6, 6.07) is 0. The number of fused-ring (bicyclic) bond motifs is 1. The highest BCUT2D eigenvalue weighted by atomic mass is 15.2. The molecule has 1 aromatic rings. The lowest BCUT2D eigenvalue weighted by Crippen LogP contribution is -2.30. The van der Waals surface area contributed by atoms with Crippen LogP contribution in [0.15, 0.2) is 0 Å². The molecule has 2 heterocycles. The molecule has 0 bridgehead atoms. The molecule has 1 aliphatic heterocycles. The van der Waals surface area contributed by atoms with Gasteiger partial charge >= 0.3 is 0 Å². The van der Waals surface area contributed by atoms with Crippen molar-refractivity contribution in [3.63, 3.8) is 0 Å². The molecule has 0 amide bonds. The van der Waals surface area contributed by atoms with Crippen molar-refractivity contribution in [3.05, 3.63) is 11.5 Å².